The number of carbonyl (C=O) groups excluding carboxylic acids is 1. The van der Waals surface area contributed by atoms with Gasteiger partial charge in [-0.15, -0.1) is 0 Å². The molecular formula is C15H33N3O+2. The minimum atomic E-state index is 0.0941. The maximum atomic E-state index is 12.4. The average molecular weight is 271 g/mol. The molecule has 1 heterocycles. The van der Waals surface area contributed by atoms with Crippen LogP contribution in [0.4, 0.5) is 0 Å². The molecule has 4 heteroatoms. The smallest absolute Gasteiger partial charge is 0.280 e. The van der Waals surface area contributed by atoms with Crippen LogP contribution >= 0.6 is 0 Å². The zero-order valence-corrected chi connectivity index (χ0v) is 13.1. The third-order valence-electron chi connectivity index (χ3n) is 3.96. The summed E-state index contributed by atoms with van der Waals surface area (Å²) in [7, 11) is 4.35. The molecule has 1 atom stereocenters. The molecule has 1 aliphatic heterocycles. The zero-order valence-electron chi connectivity index (χ0n) is 13.1. The fraction of sp³-hybridized carbons (Fsp3) is 0.933. The number of likely N-dealkylation sites (tertiary alicyclic amines) is 1. The molecule has 19 heavy (non-hydrogen) atoms. The first-order chi connectivity index (χ1) is 9.11. The quantitative estimate of drug-likeness (QED) is 0.614. The van der Waals surface area contributed by atoms with Gasteiger partial charge < -0.3 is 15.1 Å². The second-order valence-electron chi connectivity index (χ2n) is 6.22. The number of rotatable bonds is 6. The van der Waals surface area contributed by atoms with Crippen LogP contribution in [-0.2, 0) is 4.79 Å². The number of amides is 1. The summed E-state index contributed by atoms with van der Waals surface area (Å²) in [6.07, 6.45) is 7.46. The third kappa shape index (κ3) is 6.92. The van der Waals surface area contributed by atoms with E-state index in [0.29, 0.717) is 5.91 Å². The van der Waals surface area contributed by atoms with Crippen molar-refractivity contribution >= 4 is 5.91 Å². The van der Waals surface area contributed by atoms with Crippen molar-refractivity contribution in [2.24, 2.45) is 0 Å². The molecule has 1 saturated heterocycles. The summed E-state index contributed by atoms with van der Waals surface area (Å²) < 4.78 is 0. The summed E-state index contributed by atoms with van der Waals surface area (Å²) in [5, 5.41) is 2.21. The van der Waals surface area contributed by atoms with E-state index in [2.05, 4.69) is 31.2 Å². The minimum Gasteiger partial charge on any atom is -0.340 e. The van der Waals surface area contributed by atoms with Gasteiger partial charge in [-0.1, -0.05) is 19.3 Å². The molecule has 0 aromatic carbocycles. The summed E-state index contributed by atoms with van der Waals surface area (Å²) in [6.45, 7) is 6.24. The van der Waals surface area contributed by atoms with Gasteiger partial charge in [-0.2, -0.15) is 0 Å². The first-order valence-electron chi connectivity index (χ1n) is 8.02. The average Bonchev–Trinajstić information content (AvgIpc) is 2.33. The molecule has 0 saturated carbocycles. The van der Waals surface area contributed by atoms with Crippen LogP contribution in [0.5, 0.6) is 0 Å². The number of nitrogens with one attached hydrogen (secondary N) is 1. The number of hydrogen-bond acceptors (Lipinski definition) is 1. The number of carbonyl (C=O) groups is 1. The SMILES string of the molecule is C[C@@H]([NH2+]CCC[NH+](C)C)C(=O)N1CCCCCCC1. The van der Waals surface area contributed by atoms with Gasteiger partial charge in [-0.05, 0) is 19.8 Å². The van der Waals surface area contributed by atoms with Crippen molar-refractivity contribution in [1.82, 2.24) is 4.90 Å². The standard InChI is InChI=1S/C15H31N3O/c1-14(16-10-9-11-17(2)3)15(19)18-12-7-5-4-6-8-13-18/h14,16H,4-13H2,1-3H3/p+2/t14-/m1/s1. The van der Waals surface area contributed by atoms with Crippen LogP contribution in [0.1, 0.15) is 45.4 Å². The fourth-order valence-corrected chi connectivity index (χ4v) is 2.68. The molecule has 3 N–H and O–H groups in total. The molecule has 0 unspecified atom stereocenters. The van der Waals surface area contributed by atoms with Gasteiger partial charge in [0.15, 0.2) is 6.04 Å². The molecule has 1 amide bonds. The van der Waals surface area contributed by atoms with Crippen molar-refractivity contribution in [1.29, 1.82) is 0 Å². The highest BCUT2D eigenvalue weighted by atomic mass is 16.2. The van der Waals surface area contributed by atoms with Crippen LogP contribution in [0.15, 0.2) is 0 Å². The summed E-state index contributed by atoms with van der Waals surface area (Å²) in [4.78, 5) is 16.0. The number of hydrogen-bond donors (Lipinski definition) is 2. The van der Waals surface area contributed by atoms with Crippen LogP contribution in [0.25, 0.3) is 0 Å². The van der Waals surface area contributed by atoms with Gasteiger partial charge >= 0.3 is 0 Å². The van der Waals surface area contributed by atoms with Gasteiger partial charge in [-0.3, -0.25) is 4.79 Å². The van der Waals surface area contributed by atoms with Gasteiger partial charge in [0.05, 0.1) is 27.2 Å². The van der Waals surface area contributed by atoms with E-state index < -0.39 is 0 Å². The second-order valence-corrected chi connectivity index (χ2v) is 6.22. The van der Waals surface area contributed by atoms with Crippen molar-refractivity contribution in [3.05, 3.63) is 0 Å². The lowest BCUT2D eigenvalue weighted by Gasteiger charge is -2.26. The summed E-state index contributed by atoms with van der Waals surface area (Å²) >= 11 is 0. The van der Waals surface area contributed by atoms with Crippen LogP contribution in [0.2, 0.25) is 0 Å². The van der Waals surface area contributed by atoms with Crippen molar-refractivity contribution in [3.63, 3.8) is 0 Å². The molecule has 0 aromatic rings. The van der Waals surface area contributed by atoms with Gasteiger partial charge in [0, 0.05) is 19.5 Å². The highest BCUT2D eigenvalue weighted by Crippen LogP contribution is 2.10. The first-order valence-corrected chi connectivity index (χ1v) is 8.02. The molecule has 0 bridgehead atoms. The Balaban J connectivity index is 2.25. The first kappa shape index (κ1) is 16.4. The van der Waals surface area contributed by atoms with Crippen molar-refractivity contribution in [2.45, 2.75) is 51.5 Å². The summed E-state index contributed by atoms with van der Waals surface area (Å²) in [5.74, 6) is 0.346. The molecule has 0 aromatic heterocycles. The number of nitrogens with zero attached hydrogens (tertiary/aromatic N) is 1. The predicted octanol–water partition coefficient (Wildman–Crippen LogP) is -0.734. The van der Waals surface area contributed by atoms with E-state index in [1.165, 1.54) is 50.0 Å². The van der Waals surface area contributed by atoms with Crippen LogP contribution in [-0.4, -0.2) is 57.1 Å². The topological polar surface area (TPSA) is 41.4 Å². The monoisotopic (exact) mass is 271 g/mol. The van der Waals surface area contributed by atoms with E-state index in [1.54, 1.807) is 0 Å². The maximum absolute atomic E-state index is 12.4. The molecule has 1 fully saturated rings. The van der Waals surface area contributed by atoms with Crippen LogP contribution < -0.4 is 10.2 Å². The van der Waals surface area contributed by atoms with Crippen molar-refractivity contribution < 1.29 is 15.0 Å². The largest absolute Gasteiger partial charge is 0.340 e. The Labute approximate surface area is 118 Å². The van der Waals surface area contributed by atoms with Gasteiger partial charge in [-0.25, -0.2) is 0 Å². The van der Waals surface area contributed by atoms with Crippen LogP contribution in [0.3, 0.4) is 0 Å². The summed E-state index contributed by atoms with van der Waals surface area (Å²) in [5.41, 5.74) is 0. The Hall–Kier alpha value is -0.610. The Morgan fingerprint density at radius 2 is 1.74 bits per heavy atom. The maximum Gasteiger partial charge on any atom is 0.280 e. The molecule has 112 valence electrons. The van der Waals surface area contributed by atoms with E-state index >= 15 is 0 Å². The Bertz CT molecular complexity index is 248. The second kappa shape index (κ2) is 9.32. The van der Waals surface area contributed by atoms with Gasteiger partial charge in [0.1, 0.15) is 0 Å². The number of quaternary nitrogens is 2. The molecule has 1 aliphatic rings. The van der Waals surface area contributed by atoms with Crippen molar-refractivity contribution in [2.75, 3.05) is 40.3 Å². The van der Waals surface area contributed by atoms with E-state index in [4.69, 9.17) is 0 Å². The van der Waals surface area contributed by atoms with E-state index in [0.717, 1.165) is 19.6 Å². The number of nitrogens with two attached hydrogens (primary N) is 1. The lowest BCUT2D eigenvalue weighted by molar-refractivity contribution is -0.860. The highest BCUT2D eigenvalue weighted by Gasteiger charge is 2.22. The lowest BCUT2D eigenvalue weighted by atomic mass is 10.1. The molecule has 0 radical (unpaired) electrons. The minimum absolute atomic E-state index is 0.0941. The Morgan fingerprint density at radius 3 is 2.32 bits per heavy atom. The third-order valence-corrected chi connectivity index (χ3v) is 3.96. The molecule has 1 rings (SSSR count). The summed E-state index contributed by atoms with van der Waals surface area (Å²) in [6, 6.07) is 0.0941. The van der Waals surface area contributed by atoms with Crippen LogP contribution in [0, 0.1) is 0 Å². The molecule has 0 aliphatic carbocycles. The normalized spacial score (nSPS) is 19.1. The van der Waals surface area contributed by atoms with Gasteiger partial charge in [0.25, 0.3) is 5.91 Å². The molecule has 0 spiro atoms. The van der Waals surface area contributed by atoms with Gasteiger partial charge in [0.2, 0.25) is 0 Å². The molecular weight excluding hydrogens is 238 g/mol. The highest BCUT2D eigenvalue weighted by molar-refractivity contribution is 5.80. The molecule has 4 nitrogen and oxygen atoms in total. The Kier molecular flexibility index (Phi) is 8.07. The van der Waals surface area contributed by atoms with E-state index in [9.17, 15) is 4.79 Å². The van der Waals surface area contributed by atoms with E-state index in [1.807, 2.05) is 0 Å². The zero-order chi connectivity index (χ0) is 14.1. The lowest BCUT2D eigenvalue weighted by Crippen LogP contribution is -3.06. The van der Waals surface area contributed by atoms with Crippen molar-refractivity contribution in [3.8, 4) is 0 Å². The Morgan fingerprint density at radius 1 is 1.16 bits per heavy atom. The predicted molar refractivity (Wildman–Crippen MR) is 78.2 cm³/mol. The fourth-order valence-electron chi connectivity index (χ4n) is 2.68. The van der Waals surface area contributed by atoms with E-state index in [-0.39, 0.29) is 6.04 Å².